The van der Waals surface area contributed by atoms with Crippen molar-refractivity contribution in [1.29, 1.82) is 0 Å². The van der Waals surface area contributed by atoms with Gasteiger partial charge in [-0.3, -0.25) is 0 Å². The topological polar surface area (TPSA) is 76.7 Å². The highest BCUT2D eigenvalue weighted by atomic mass is 32.2. The third kappa shape index (κ3) is 4.86. The molecule has 0 radical (unpaired) electrons. The number of rotatable bonds is 8. The highest BCUT2D eigenvalue weighted by Crippen LogP contribution is 2.24. The fraction of sp³-hybridized carbons (Fsp3) is 0.600. The van der Waals surface area contributed by atoms with Gasteiger partial charge < -0.3 is 9.47 Å². The SMILES string of the molecule is COc1ccc(OC)c(CCNS(=O)(=O)NC2CCCC2)c1. The van der Waals surface area contributed by atoms with Crippen molar-refractivity contribution in [3.63, 3.8) is 0 Å². The van der Waals surface area contributed by atoms with E-state index in [-0.39, 0.29) is 6.04 Å². The maximum Gasteiger partial charge on any atom is 0.277 e. The van der Waals surface area contributed by atoms with Crippen LogP contribution in [0.5, 0.6) is 11.5 Å². The van der Waals surface area contributed by atoms with Crippen molar-refractivity contribution in [3.8, 4) is 11.5 Å². The zero-order valence-corrected chi connectivity index (χ0v) is 13.9. The van der Waals surface area contributed by atoms with Crippen LogP contribution in [0.4, 0.5) is 0 Å². The van der Waals surface area contributed by atoms with Gasteiger partial charge in [0, 0.05) is 12.6 Å². The van der Waals surface area contributed by atoms with E-state index in [1.165, 1.54) is 0 Å². The molecule has 1 aliphatic rings. The van der Waals surface area contributed by atoms with Gasteiger partial charge >= 0.3 is 0 Å². The summed E-state index contributed by atoms with van der Waals surface area (Å²) in [6.45, 7) is 0.311. The maximum atomic E-state index is 12.0. The lowest BCUT2D eigenvalue weighted by atomic mass is 10.1. The molecule has 2 N–H and O–H groups in total. The van der Waals surface area contributed by atoms with Crippen LogP contribution in [-0.4, -0.2) is 35.2 Å². The van der Waals surface area contributed by atoms with Crippen LogP contribution in [0.25, 0.3) is 0 Å². The number of methoxy groups -OCH3 is 2. The monoisotopic (exact) mass is 328 g/mol. The molecule has 7 heteroatoms. The third-order valence-corrected chi connectivity index (χ3v) is 5.08. The summed E-state index contributed by atoms with van der Waals surface area (Å²) in [6, 6.07) is 5.56. The Kier molecular flexibility index (Phi) is 6.05. The summed E-state index contributed by atoms with van der Waals surface area (Å²) in [5.41, 5.74) is 0.908. The first-order valence-corrected chi connectivity index (χ1v) is 9.00. The van der Waals surface area contributed by atoms with Crippen molar-refractivity contribution in [2.45, 2.75) is 38.1 Å². The second-order valence-electron chi connectivity index (χ2n) is 5.42. The molecule has 22 heavy (non-hydrogen) atoms. The van der Waals surface area contributed by atoms with Gasteiger partial charge in [-0.2, -0.15) is 13.1 Å². The van der Waals surface area contributed by atoms with Crippen molar-refractivity contribution >= 4 is 10.2 Å². The second kappa shape index (κ2) is 7.80. The van der Waals surface area contributed by atoms with Crippen molar-refractivity contribution in [1.82, 2.24) is 9.44 Å². The normalized spacial score (nSPS) is 15.9. The number of hydrogen-bond acceptors (Lipinski definition) is 4. The molecule has 1 aliphatic carbocycles. The third-order valence-electron chi connectivity index (χ3n) is 3.85. The van der Waals surface area contributed by atoms with Gasteiger partial charge in [0.1, 0.15) is 11.5 Å². The summed E-state index contributed by atoms with van der Waals surface area (Å²) in [6.07, 6.45) is 4.56. The Morgan fingerprint density at radius 3 is 2.55 bits per heavy atom. The first-order chi connectivity index (χ1) is 10.5. The summed E-state index contributed by atoms with van der Waals surface area (Å²) >= 11 is 0. The molecular formula is C15H24N2O4S. The van der Waals surface area contributed by atoms with E-state index < -0.39 is 10.2 Å². The van der Waals surface area contributed by atoms with Gasteiger partial charge in [0.2, 0.25) is 0 Å². The molecule has 6 nitrogen and oxygen atoms in total. The molecule has 124 valence electrons. The van der Waals surface area contributed by atoms with Gasteiger partial charge in [-0.05, 0) is 43.0 Å². The largest absolute Gasteiger partial charge is 0.497 e. The summed E-state index contributed by atoms with van der Waals surface area (Å²) < 4.78 is 39.7. The number of benzene rings is 1. The van der Waals surface area contributed by atoms with E-state index in [4.69, 9.17) is 9.47 Å². The van der Waals surface area contributed by atoms with Crippen LogP contribution in [0.15, 0.2) is 18.2 Å². The Bertz CT molecular complexity index is 583. The van der Waals surface area contributed by atoms with Crippen LogP contribution >= 0.6 is 0 Å². The Morgan fingerprint density at radius 1 is 1.18 bits per heavy atom. The predicted molar refractivity (Wildman–Crippen MR) is 85.6 cm³/mol. The van der Waals surface area contributed by atoms with E-state index in [1.807, 2.05) is 18.2 Å². The van der Waals surface area contributed by atoms with Crippen LogP contribution in [0.2, 0.25) is 0 Å². The van der Waals surface area contributed by atoms with E-state index in [0.29, 0.717) is 13.0 Å². The molecule has 0 bridgehead atoms. The van der Waals surface area contributed by atoms with E-state index >= 15 is 0 Å². The molecule has 0 atom stereocenters. The highest BCUT2D eigenvalue weighted by Gasteiger charge is 2.20. The molecule has 2 rings (SSSR count). The highest BCUT2D eigenvalue weighted by molar-refractivity contribution is 7.87. The second-order valence-corrected chi connectivity index (χ2v) is 6.96. The minimum absolute atomic E-state index is 0.0730. The molecular weight excluding hydrogens is 304 g/mol. The van der Waals surface area contributed by atoms with Gasteiger partial charge in [-0.25, -0.2) is 4.72 Å². The molecule has 1 aromatic carbocycles. The quantitative estimate of drug-likeness (QED) is 0.760. The summed E-state index contributed by atoms with van der Waals surface area (Å²) in [5.74, 6) is 1.45. The molecule has 0 saturated heterocycles. The molecule has 0 amide bonds. The standard InChI is InChI=1S/C15H24N2O4S/c1-20-14-7-8-15(21-2)12(11-14)9-10-16-22(18,19)17-13-5-3-4-6-13/h7-8,11,13,16-17H,3-6,9-10H2,1-2H3. The predicted octanol–water partition coefficient (Wildman–Crippen LogP) is 1.61. The van der Waals surface area contributed by atoms with Gasteiger partial charge in [0.15, 0.2) is 0 Å². The maximum absolute atomic E-state index is 12.0. The van der Waals surface area contributed by atoms with E-state index in [9.17, 15) is 8.42 Å². The number of ether oxygens (including phenoxy) is 2. The summed E-state index contributed by atoms with van der Waals surface area (Å²) in [4.78, 5) is 0. The van der Waals surface area contributed by atoms with Gasteiger partial charge in [-0.15, -0.1) is 0 Å². The first kappa shape index (κ1) is 17.1. The number of nitrogens with one attached hydrogen (secondary N) is 2. The van der Waals surface area contributed by atoms with Gasteiger partial charge in [-0.1, -0.05) is 12.8 Å². The molecule has 0 unspecified atom stereocenters. The average Bonchev–Trinajstić information content (AvgIpc) is 2.99. The Morgan fingerprint density at radius 2 is 1.91 bits per heavy atom. The fourth-order valence-electron chi connectivity index (χ4n) is 2.70. The minimum atomic E-state index is -3.44. The average molecular weight is 328 g/mol. The summed E-state index contributed by atoms with van der Waals surface area (Å²) in [7, 11) is -0.251. The number of hydrogen-bond donors (Lipinski definition) is 2. The molecule has 0 spiro atoms. The molecule has 0 aliphatic heterocycles. The van der Waals surface area contributed by atoms with Crippen molar-refractivity contribution in [3.05, 3.63) is 23.8 Å². The van der Waals surface area contributed by atoms with E-state index in [1.54, 1.807) is 14.2 Å². The van der Waals surface area contributed by atoms with Crippen LogP contribution in [0.1, 0.15) is 31.2 Å². The Balaban J connectivity index is 1.89. The first-order valence-electron chi connectivity index (χ1n) is 7.52. The minimum Gasteiger partial charge on any atom is -0.497 e. The van der Waals surface area contributed by atoms with Crippen LogP contribution in [0, 0.1) is 0 Å². The van der Waals surface area contributed by atoms with Crippen LogP contribution in [0.3, 0.4) is 0 Å². The lowest BCUT2D eigenvalue weighted by Crippen LogP contribution is -2.42. The van der Waals surface area contributed by atoms with Crippen LogP contribution < -0.4 is 18.9 Å². The lowest BCUT2D eigenvalue weighted by Gasteiger charge is -2.14. The Hall–Kier alpha value is -1.31. The van der Waals surface area contributed by atoms with Crippen molar-refractivity contribution in [2.75, 3.05) is 20.8 Å². The smallest absolute Gasteiger partial charge is 0.277 e. The molecule has 1 saturated carbocycles. The summed E-state index contributed by atoms with van der Waals surface area (Å²) in [5, 5.41) is 0. The molecule has 1 aromatic rings. The van der Waals surface area contributed by atoms with E-state index in [0.717, 1.165) is 42.7 Å². The zero-order valence-electron chi connectivity index (χ0n) is 13.1. The molecule has 1 fully saturated rings. The van der Waals surface area contributed by atoms with Gasteiger partial charge in [0.25, 0.3) is 10.2 Å². The lowest BCUT2D eigenvalue weighted by molar-refractivity contribution is 0.398. The van der Waals surface area contributed by atoms with Gasteiger partial charge in [0.05, 0.1) is 14.2 Å². The van der Waals surface area contributed by atoms with Crippen molar-refractivity contribution < 1.29 is 17.9 Å². The van der Waals surface area contributed by atoms with Crippen molar-refractivity contribution in [2.24, 2.45) is 0 Å². The van der Waals surface area contributed by atoms with Crippen LogP contribution in [-0.2, 0) is 16.6 Å². The fourth-order valence-corrected chi connectivity index (χ4v) is 3.83. The zero-order chi connectivity index (χ0) is 16.0. The Labute approximate surface area is 132 Å². The molecule has 0 aromatic heterocycles. The van der Waals surface area contributed by atoms with E-state index in [2.05, 4.69) is 9.44 Å². The molecule has 0 heterocycles.